The third-order valence-electron chi connectivity index (χ3n) is 5.51. The highest BCUT2D eigenvalue weighted by atomic mass is 35.5. The Morgan fingerprint density at radius 1 is 1.09 bits per heavy atom. The van der Waals surface area contributed by atoms with Gasteiger partial charge in [0.05, 0.1) is 5.39 Å². The lowest BCUT2D eigenvalue weighted by molar-refractivity contribution is 0.0263. The van der Waals surface area contributed by atoms with Crippen molar-refractivity contribution in [2.75, 3.05) is 31.1 Å². The van der Waals surface area contributed by atoms with Crippen LogP contribution >= 0.6 is 22.9 Å². The molecule has 1 amide bonds. The lowest BCUT2D eigenvalue weighted by Crippen LogP contribution is -2.39. The first kappa shape index (κ1) is 22.8. The van der Waals surface area contributed by atoms with Crippen molar-refractivity contribution in [3.8, 4) is 11.1 Å². The third-order valence-corrected chi connectivity index (χ3v) is 6.55. The van der Waals surface area contributed by atoms with Gasteiger partial charge in [-0.3, -0.25) is 0 Å². The molecule has 0 saturated carbocycles. The van der Waals surface area contributed by atoms with Gasteiger partial charge in [0.2, 0.25) is 5.28 Å². The number of aryl methyl sites for hydroxylation is 2. The molecule has 6 nitrogen and oxygen atoms in total. The van der Waals surface area contributed by atoms with E-state index in [0.29, 0.717) is 19.6 Å². The Hall–Kier alpha value is -2.38. The van der Waals surface area contributed by atoms with Crippen LogP contribution in [-0.4, -0.2) is 52.7 Å². The molecule has 2 aromatic heterocycles. The van der Waals surface area contributed by atoms with Crippen molar-refractivity contribution in [2.45, 2.75) is 46.6 Å². The molecule has 0 radical (unpaired) electrons. The number of amides is 1. The fourth-order valence-corrected chi connectivity index (χ4v) is 5.23. The number of carbonyl (C=O) groups is 1. The van der Waals surface area contributed by atoms with Crippen LogP contribution in [0.15, 0.2) is 23.6 Å². The second-order valence-corrected chi connectivity index (χ2v) is 10.5. The number of ether oxygens (including phenoxy) is 1. The smallest absolute Gasteiger partial charge is 0.410 e. The standard InChI is InChI=1S/C24H29ClN4O2S/c1-15-7-8-17(16(2)13-15)18-14-32-21-19(18)20(26-22(25)27-21)28-9-6-10-29(12-11-28)23(30)31-24(3,4)5/h7-8,13-14H,6,9-12H2,1-5H3. The minimum absolute atomic E-state index is 0.245. The number of rotatable bonds is 2. The fourth-order valence-electron chi connectivity index (χ4n) is 4.08. The minimum Gasteiger partial charge on any atom is -0.444 e. The van der Waals surface area contributed by atoms with Crippen molar-refractivity contribution in [2.24, 2.45) is 0 Å². The number of carbonyl (C=O) groups excluding carboxylic acids is 1. The maximum Gasteiger partial charge on any atom is 0.410 e. The molecule has 1 aliphatic rings. The minimum atomic E-state index is -0.507. The number of nitrogens with zero attached hydrogens (tertiary/aromatic N) is 4. The number of hydrogen-bond donors (Lipinski definition) is 0. The van der Waals surface area contributed by atoms with Gasteiger partial charge < -0.3 is 14.5 Å². The predicted octanol–water partition coefficient (Wildman–Crippen LogP) is 6.08. The van der Waals surface area contributed by atoms with E-state index in [2.05, 4.69) is 52.3 Å². The Kier molecular flexibility index (Phi) is 6.32. The van der Waals surface area contributed by atoms with Crippen LogP contribution in [0.5, 0.6) is 0 Å². The lowest BCUT2D eigenvalue weighted by atomic mass is 9.99. The zero-order valence-electron chi connectivity index (χ0n) is 19.2. The van der Waals surface area contributed by atoms with E-state index in [-0.39, 0.29) is 11.4 Å². The van der Waals surface area contributed by atoms with Gasteiger partial charge >= 0.3 is 6.09 Å². The number of thiophene rings is 1. The van der Waals surface area contributed by atoms with Crippen LogP contribution in [0.2, 0.25) is 5.28 Å². The summed E-state index contributed by atoms with van der Waals surface area (Å²) >= 11 is 7.90. The van der Waals surface area contributed by atoms with Crippen molar-refractivity contribution in [3.63, 3.8) is 0 Å². The van der Waals surface area contributed by atoms with E-state index in [1.54, 1.807) is 16.2 Å². The summed E-state index contributed by atoms with van der Waals surface area (Å²) in [4.78, 5) is 26.6. The molecule has 0 unspecified atom stereocenters. The molecule has 0 aliphatic carbocycles. The number of hydrogen-bond acceptors (Lipinski definition) is 6. The second kappa shape index (κ2) is 8.87. The van der Waals surface area contributed by atoms with Crippen LogP contribution < -0.4 is 4.90 Å². The van der Waals surface area contributed by atoms with E-state index in [0.717, 1.165) is 34.6 Å². The van der Waals surface area contributed by atoms with Gasteiger partial charge in [0.25, 0.3) is 0 Å². The van der Waals surface area contributed by atoms with Gasteiger partial charge in [0, 0.05) is 37.1 Å². The van der Waals surface area contributed by atoms with Gasteiger partial charge in [0.1, 0.15) is 16.2 Å². The zero-order chi connectivity index (χ0) is 23.0. The van der Waals surface area contributed by atoms with Gasteiger partial charge in [-0.05, 0) is 63.8 Å². The predicted molar refractivity (Wildman–Crippen MR) is 132 cm³/mol. The van der Waals surface area contributed by atoms with Gasteiger partial charge in [-0.1, -0.05) is 23.8 Å². The van der Waals surface area contributed by atoms with Crippen LogP contribution in [0.1, 0.15) is 38.3 Å². The molecule has 0 bridgehead atoms. The summed E-state index contributed by atoms with van der Waals surface area (Å²) in [6.07, 6.45) is 0.558. The largest absolute Gasteiger partial charge is 0.444 e. The van der Waals surface area contributed by atoms with Crippen LogP contribution in [0.4, 0.5) is 10.6 Å². The van der Waals surface area contributed by atoms with Crippen LogP contribution in [0.3, 0.4) is 0 Å². The molecule has 1 aliphatic heterocycles. The molecule has 3 aromatic rings. The summed E-state index contributed by atoms with van der Waals surface area (Å²) in [7, 11) is 0. The average Bonchev–Trinajstić information content (AvgIpc) is 2.94. The molecule has 0 spiro atoms. The SMILES string of the molecule is Cc1ccc(-c2csc3nc(Cl)nc(N4CCCN(C(=O)OC(C)(C)C)CC4)c23)c(C)c1. The summed E-state index contributed by atoms with van der Waals surface area (Å²) in [6.45, 7) is 12.6. The fraction of sp³-hybridized carbons (Fsp3) is 0.458. The van der Waals surface area contributed by atoms with Gasteiger partial charge in [-0.2, -0.15) is 4.98 Å². The normalized spacial score (nSPS) is 15.2. The van der Waals surface area contributed by atoms with E-state index in [1.807, 2.05) is 20.8 Å². The zero-order valence-corrected chi connectivity index (χ0v) is 20.8. The number of aromatic nitrogens is 2. The number of fused-ring (bicyclic) bond motifs is 1. The first-order chi connectivity index (χ1) is 15.1. The van der Waals surface area contributed by atoms with E-state index >= 15 is 0 Å². The molecule has 4 rings (SSSR count). The monoisotopic (exact) mass is 472 g/mol. The van der Waals surface area contributed by atoms with Crippen molar-refractivity contribution in [3.05, 3.63) is 40.0 Å². The Bertz CT molecular complexity index is 1150. The Morgan fingerprint density at radius 2 is 1.88 bits per heavy atom. The van der Waals surface area contributed by atoms with Crippen molar-refractivity contribution < 1.29 is 9.53 Å². The van der Waals surface area contributed by atoms with Crippen LogP contribution in [0.25, 0.3) is 21.3 Å². The topological polar surface area (TPSA) is 58.6 Å². The summed E-state index contributed by atoms with van der Waals surface area (Å²) in [6, 6.07) is 6.49. The van der Waals surface area contributed by atoms with Gasteiger partial charge in [-0.25, -0.2) is 9.78 Å². The summed E-state index contributed by atoms with van der Waals surface area (Å²) in [5.41, 5.74) is 4.26. The maximum absolute atomic E-state index is 12.6. The van der Waals surface area contributed by atoms with Crippen molar-refractivity contribution in [1.82, 2.24) is 14.9 Å². The molecular formula is C24H29ClN4O2S. The summed E-state index contributed by atoms with van der Waals surface area (Å²) < 4.78 is 5.57. The second-order valence-electron chi connectivity index (χ2n) is 9.27. The molecule has 1 saturated heterocycles. The number of anilines is 1. The number of halogens is 1. The van der Waals surface area contributed by atoms with E-state index in [9.17, 15) is 4.79 Å². The Morgan fingerprint density at radius 3 is 2.59 bits per heavy atom. The molecule has 0 atom stereocenters. The quantitative estimate of drug-likeness (QED) is 0.423. The maximum atomic E-state index is 12.6. The molecule has 1 aromatic carbocycles. The molecular weight excluding hydrogens is 444 g/mol. The van der Waals surface area contributed by atoms with E-state index < -0.39 is 5.60 Å². The first-order valence-electron chi connectivity index (χ1n) is 10.9. The number of benzene rings is 1. The van der Waals surface area contributed by atoms with Crippen molar-refractivity contribution in [1.29, 1.82) is 0 Å². The molecule has 32 heavy (non-hydrogen) atoms. The molecule has 0 N–H and O–H groups in total. The average molecular weight is 473 g/mol. The van der Waals surface area contributed by atoms with E-state index in [1.165, 1.54) is 16.7 Å². The molecule has 1 fully saturated rings. The van der Waals surface area contributed by atoms with E-state index in [4.69, 9.17) is 16.3 Å². The third kappa shape index (κ3) is 4.84. The Labute approximate surface area is 198 Å². The first-order valence-corrected chi connectivity index (χ1v) is 12.1. The van der Waals surface area contributed by atoms with Crippen molar-refractivity contribution >= 4 is 45.1 Å². The lowest BCUT2D eigenvalue weighted by Gasteiger charge is -2.27. The van der Waals surface area contributed by atoms with Crippen LogP contribution in [0, 0.1) is 13.8 Å². The molecule has 3 heterocycles. The van der Waals surface area contributed by atoms with Gasteiger partial charge in [0.15, 0.2) is 0 Å². The van der Waals surface area contributed by atoms with Gasteiger partial charge in [-0.15, -0.1) is 11.3 Å². The summed E-state index contributed by atoms with van der Waals surface area (Å²) in [5.74, 6) is 0.835. The highest BCUT2D eigenvalue weighted by Gasteiger charge is 2.27. The molecule has 170 valence electrons. The Balaban J connectivity index is 1.68. The summed E-state index contributed by atoms with van der Waals surface area (Å²) in [5, 5.41) is 3.41. The highest BCUT2D eigenvalue weighted by Crippen LogP contribution is 2.40. The van der Waals surface area contributed by atoms with Crippen LogP contribution in [-0.2, 0) is 4.74 Å². The molecule has 8 heteroatoms. The highest BCUT2D eigenvalue weighted by molar-refractivity contribution is 7.17.